The fourth-order valence-corrected chi connectivity index (χ4v) is 4.88. The predicted molar refractivity (Wildman–Crippen MR) is 150 cm³/mol. The van der Waals surface area contributed by atoms with Crippen molar-refractivity contribution in [3.63, 3.8) is 0 Å². The van der Waals surface area contributed by atoms with Crippen LogP contribution in [0.25, 0.3) is 0 Å². The van der Waals surface area contributed by atoms with E-state index in [1.807, 2.05) is 62.4 Å². The van der Waals surface area contributed by atoms with E-state index in [1.165, 1.54) is 5.56 Å². The molecule has 0 saturated heterocycles. The number of amides is 2. The molecule has 0 spiro atoms. The lowest BCUT2D eigenvalue weighted by Crippen LogP contribution is -2.52. The third-order valence-electron chi connectivity index (χ3n) is 6.31. The summed E-state index contributed by atoms with van der Waals surface area (Å²) in [6, 6.07) is 25.9. The van der Waals surface area contributed by atoms with Gasteiger partial charge < -0.3 is 10.2 Å². The van der Waals surface area contributed by atoms with E-state index in [4.69, 9.17) is 0 Å². The summed E-state index contributed by atoms with van der Waals surface area (Å²) in [5.41, 5.74) is 4.43. The van der Waals surface area contributed by atoms with Crippen molar-refractivity contribution in [2.45, 2.75) is 70.5 Å². The predicted octanol–water partition coefficient (Wildman–Crippen LogP) is 6.34. The lowest BCUT2D eigenvalue weighted by molar-refractivity contribution is -0.141. The molecular formula is C31H38N2O2S. The zero-order valence-corrected chi connectivity index (χ0v) is 22.7. The molecule has 0 aliphatic rings. The van der Waals surface area contributed by atoms with E-state index >= 15 is 0 Å². The standard InChI is InChI=1S/C31H38N2O2S/c1-5-25(4)32-31(35)29(21-26-11-7-6-8-12-26)33(22-27-13-9-10-24(3)20-27)30(34)18-19-36-28-16-14-23(2)15-17-28/h6-17,20,25,29H,5,18-19,21-22H2,1-4H3,(H,32,35)/t25-,29-/m1/s1. The number of nitrogens with zero attached hydrogens (tertiary/aromatic N) is 1. The molecule has 3 rings (SSSR count). The van der Waals surface area contributed by atoms with Gasteiger partial charge in [0.05, 0.1) is 0 Å². The van der Waals surface area contributed by atoms with Crippen molar-refractivity contribution in [3.05, 3.63) is 101 Å². The largest absolute Gasteiger partial charge is 0.352 e. The van der Waals surface area contributed by atoms with Crippen LogP contribution in [0.3, 0.4) is 0 Å². The second-order valence-electron chi connectivity index (χ2n) is 9.45. The molecule has 0 fully saturated rings. The highest BCUT2D eigenvalue weighted by Crippen LogP contribution is 2.22. The first-order valence-electron chi connectivity index (χ1n) is 12.7. The Labute approximate surface area is 220 Å². The highest BCUT2D eigenvalue weighted by atomic mass is 32.2. The number of hydrogen-bond donors (Lipinski definition) is 1. The first-order valence-corrected chi connectivity index (χ1v) is 13.7. The molecule has 3 aromatic rings. The monoisotopic (exact) mass is 502 g/mol. The molecule has 2 amide bonds. The number of benzene rings is 3. The van der Waals surface area contributed by atoms with Crippen molar-refractivity contribution < 1.29 is 9.59 Å². The minimum atomic E-state index is -0.584. The molecule has 4 nitrogen and oxygen atoms in total. The summed E-state index contributed by atoms with van der Waals surface area (Å²) >= 11 is 1.67. The van der Waals surface area contributed by atoms with Crippen LogP contribution in [-0.2, 0) is 22.6 Å². The van der Waals surface area contributed by atoms with Crippen molar-refractivity contribution in [1.29, 1.82) is 0 Å². The second-order valence-corrected chi connectivity index (χ2v) is 10.6. The minimum Gasteiger partial charge on any atom is -0.352 e. The SMILES string of the molecule is CC[C@@H](C)NC(=O)[C@@H](Cc1ccccc1)N(Cc1cccc(C)c1)C(=O)CCSc1ccc(C)cc1. The van der Waals surface area contributed by atoms with E-state index in [-0.39, 0.29) is 17.9 Å². The Hall–Kier alpha value is -3.05. The molecule has 0 radical (unpaired) electrons. The molecule has 2 atom stereocenters. The Morgan fingerprint density at radius 2 is 1.58 bits per heavy atom. The van der Waals surface area contributed by atoms with Gasteiger partial charge >= 0.3 is 0 Å². The van der Waals surface area contributed by atoms with Crippen LogP contribution >= 0.6 is 11.8 Å². The Balaban J connectivity index is 1.85. The average Bonchev–Trinajstić information content (AvgIpc) is 2.87. The summed E-state index contributed by atoms with van der Waals surface area (Å²) in [4.78, 5) is 30.2. The molecule has 0 heterocycles. The molecule has 0 bridgehead atoms. The molecular weight excluding hydrogens is 464 g/mol. The van der Waals surface area contributed by atoms with Crippen LogP contribution in [0.5, 0.6) is 0 Å². The second kappa shape index (κ2) is 13.9. The average molecular weight is 503 g/mol. The molecule has 5 heteroatoms. The molecule has 0 aliphatic carbocycles. The smallest absolute Gasteiger partial charge is 0.243 e. The third-order valence-corrected chi connectivity index (χ3v) is 7.33. The van der Waals surface area contributed by atoms with Gasteiger partial charge in [0.1, 0.15) is 6.04 Å². The molecule has 0 unspecified atom stereocenters. The van der Waals surface area contributed by atoms with Crippen LogP contribution in [0.2, 0.25) is 0 Å². The number of carbonyl (C=O) groups excluding carboxylic acids is 2. The molecule has 36 heavy (non-hydrogen) atoms. The van der Waals surface area contributed by atoms with Crippen molar-refractivity contribution in [2.75, 3.05) is 5.75 Å². The van der Waals surface area contributed by atoms with Gasteiger partial charge in [0.25, 0.3) is 0 Å². The van der Waals surface area contributed by atoms with Crippen LogP contribution in [0.4, 0.5) is 0 Å². The summed E-state index contributed by atoms with van der Waals surface area (Å²) in [6.45, 7) is 8.57. The van der Waals surface area contributed by atoms with Crippen molar-refractivity contribution in [1.82, 2.24) is 10.2 Å². The quantitative estimate of drug-likeness (QED) is 0.294. The van der Waals surface area contributed by atoms with E-state index in [0.29, 0.717) is 25.1 Å². The Kier molecular flexibility index (Phi) is 10.6. The summed E-state index contributed by atoms with van der Waals surface area (Å²) in [7, 11) is 0. The third kappa shape index (κ3) is 8.56. The van der Waals surface area contributed by atoms with Crippen molar-refractivity contribution >= 4 is 23.6 Å². The van der Waals surface area contributed by atoms with Gasteiger partial charge in [0, 0.05) is 36.1 Å². The van der Waals surface area contributed by atoms with Gasteiger partial charge in [-0.05, 0) is 50.5 Å². The number of rotatable bonds is 12. The van der Waals surface area contributed by atoms with Crippen LogP contribution < -0.4 is 5.32 Å². The van der Waals surface area contributed by atoms with E-state index < -0.39 is 6.04 Å². The Bertz CT molecular complexity index is 1110. The molecule has 3 aromatic carbocycles. The normalized spacial score (nSPS) is 12.6. The molecule has 0 saturated carbocycles. The van der Waals surface area contributed by atoms with Gasteiger partial charge in [-0.3, -0.25) is 9.59 Å². The minimum absolute atomic E-state index is 0.00338. The first kappa shape index (κ1) is 27.5. The summed E-state index contributed by atoms with van der Waals surface area (Å²) in [6.07, 6.45) is 1.68. The van der Waals surface area contributed by atoms with Crippen molar-refractivity contribution in [2.24, 2.45) is 0 Å². The molecule has 1 N–H and O–H groups in total. The van der Waals surface area contributed by atoms with Crippen LogP contribution in [0.1, 0.15) is 48.9 Å². The zero-order chi connectivity index (χ0) is 25.9. The maximum Gasteiger partial charge on any atom is 0.243 e. The maximum absolute atomic E-state index is 13.7. The van der Waals surface area contributed by atoms with E-state index in [2.05, 4.69) is 49.5 Å². The van der Waals surface area contributed by atoms with Gasteiger partial charge in [-0.15, -0.1) is 11.8 Å². The lowest BCUT2D eigenvalue weighted by atomic mass is 10.0. The van der Waals surface area contributed by atoms with Gasteiger partial charge in [0.15, 0.2) is 0 Å². The molecule has 190 valence electrons. The van der Waals surface area contributed by atoms with E-state index in [9.17, 15) is 9.59 Å². The van der Waals surface area contributed by atoms with Crippen LogP contribution in [-0.4, -0.2) is 34.6 Å². The van der Waals surface area contributed by atoms with Crippen LogP contribution in [0.15, 0.2) is 83.8 Å². The first-order chi connectivity index (χ1) is 17.4. The number of hydrogen-bond acceptors (Lipinski definition) is 3. The summed E-state index contributed by atoms with van der Waals surface area (Å²) in [5.74, 6) is 0.564. The van der Waals surface area contributed by atoms with Gasteiger partial charge in [-0.25, -0.2) is 0 Å². The lowest BCUT2D eigenvalue weighted by Gasteiger charge is -2.32. The zero-order valence-electron chi connectivity index (χ0n) is 21.9. The number of aryl methyl sites for hydroxylation is 2. The molecule has 0 aromatic heterocycles. The van der Waals surface area contributed by atoms with Crippen molar-refractivity contribution in [3.8, 4) is 0 Å². The number of thioether (sulfide) groups is 1. The number of nitrogens with one attached hydrogen (secondary N) is 1. The van der Waals surface area contributed by atoms with Gasteiger partial charge in [-0.1, -0.05) is 84.8 Å². The summed E-state index contributed by atoms with van der Waals surface area (Å²) < 4.78 is 0. The van der Waals surface area contributed by atoms with E-state index in [0.717, 1.165) is 28.0 Å². The fraction of sp³-hybridized carbons (Fsp3) is 0.355. The highest BCUT2D eigenvalue weighted by molar-refractivity contribution is 7.99. The Morgan fingerprint density at radius 3 is 2.25 bits per heavy atom. The maximum atomic E-state index is 13.7. The highest BCUT2D eigenvalue weighted by Gasteiger charge is 2.30. The fourth-order valence-electron chi connectivity index (χ4n) is 4.04. The van der Waals surface area contributed by atoms with Crippen LogP contribution in [0, 0.1) is 13.8 Å². The van der Waals surface area contributed by atoms with Gasteiger partial charge in [-0.2, -0.15) is 0 Å². The summed E-state index contributed by atoms with van der Waals surface area (Å²) in [5, 5.41) is 3.13. The topological polar surface area (TPSA) is 49.4 Å². The number of carbonyl (C=O) groups is 2. The Morgan fingerprint density at radius 1 is 0.889 bits per heavy atom. The molecule has 0 aliphatic heterocycles. The van der Waals surface area contributed by atoms with Gasteiger partial charge in [0.2, 0.25) is 11.8 Å². The van der Waals surface area contributed by atoms with E-state index in [1.54, 1.807) is 16.7 Å².